The highest BCUT2D eigenvalue weighted by Crippen LogP contribution is 2.36. The van der Waals surface area contributed by atoms with Crippen molar-refractivity contribution in [2.24, 2.45) is 5.73 Å². The maximum Gasteiger partial charge on any atom is 0.222 e. The summed E-state index contributed by atoms with van der Waals surface area (Å²) in [7, 11) is 0. The maximum absolute atomic E-state index is 12.9. The van der Waals surface area contributed by atoms with Crippen LogP contribution in [-0.4, -0.2) is 51.7 Å². The molecule has 1 aromatic heterocycles. The molecule has 1 aliphatic rings. The van der Waals surface area contributed by atoms with Crippen molar-refractivity contribution >= 4 is 16.8 Å². The summed E-state index contributed by atoms with van der Waals surface area (Å²) in [5.74, 6) is 0.00656. The van der Waals surface area contributed by atoms with Crippen molar-refractivity contribution < 1.29 is 9.90 Å². The average Bonchev–Trinajstić information content (AvgIpc) is 3.14. The number of carbonyl (C=O) groups excluding carboxylic acids is 1. The zero-order valence-corrected chi connectivity index (χ0v) is 19.8. The lowest BCUT2D eigenvalue weighted by atomic mass is 9.93. The summed E-state index contributed by atoms with van der Waals surface area (Å²) in [4.78, 5) is 18.7. The fourth-order valence-corrected chi connectivity index (χ4v) is 4.86. The van der Waals surface area contributed by atoms with Crippen molar-refractivity contribution in [2.75, 3.05) is 13.1 Å². The largest absolute Gasteiger partial charge is 0.390 e. The molecule has 6 heteroatoms. The van der Waals surface area contributed by atoms with Crippen LogP contribution in [0, 0.1) is 0 Å². The molecule has 4 rings (SSSR count). The minimum absolute atomic E-state index is 0.00656. The van der Waals surface area contributed by atoms with Gasteiger partial charge in [-0.05, 0) is 50.8 Å². The number of nitrogens with one attached hydrogen (secondary N) is 2. The topological polar surface area (TPSA) is 94.4 Å². The molecular weight excluding hydrogens is 412 g/mol. The third-order valence-corrected chi connectivity index (χ3v) is 6.39. The van der Waals surface area contributed by atoms with Crippen molar-refractivity contribution in [1.82, 2.24) is 15.2 Å². The molecule has 0 fully saturated rings. The van der Waals surface area contributed by atoms with E-state index in [2.05, 4.69) is 33.4 Å². The lowest BCUT2D eigenvalue weighted by molar-refractivity contribution is -0.124. The highest BCUT2D eigenvalue weighted by atomic mass is 16.3. The number of nitrogens with zero attached hydrogens (tertiary/aromatic N) is 1. The summed E-state index contributed by atoms with van der Waals surface area (Å²) in [5, 5.41) is 15.3. The molecule has 0 radical (unpaired) electrons. The van der Waals surface area contributed by atoms with E-state index in [1.165, 1.54) is 10.9 Å². The zero-order valence-electron chi connectivity index (χ0n) is 19.8. The number of aromatic amines is 1. The van der Waals surface area contributed by atoms with Crippen LogP contribution >= 0.6 is 0 Å². The molecule has 2 heterocycles. The maximum atomic E-state index is 12.9. The quantitative estimate of drug-likeness (QED) is 0.446. The monoisotopic (exact) mass is 448 g/mol. The molecule has 1 amide bonds. The van der Waals surface area contributed by atoms with E-state index in [9.17, 15) is 9.90 Å². The second kappa shape index (κ2) is 9.67. The number of nitrogens with two attached hydrogens (primary N) is 1. The first-order valence-electron chi connectivity index (χ1n) is 11.8. The molecule has 1 unspecified atom stereocenters. The van der Waals surface area contributed by atoms with Gasteiger partial charge in [-0.25, -0.2) is 0 Å². The fraction of sp³-hybridized carbons (Fsp3) is 0.444. The molecular formula is C27H36N4O2. The predicted molar refractivity (Wildman–Crippen MR) is 133 cm³/mol. The van der Waals surface area contributed by atoms with Crippen molar-refractivity contribution in [3.63, 3.8) is 0 Å². The number of aliphatic hydroxyl groups is 1. The van der Waals surface area contributed by atoms with Gasteiger partial charge in [-0.3, -0.25) is 9.69 Å². The zero-order chi connectivity index (χ0) is 23.6. The summed E-state index contributed by atoms with van der Waals surface area (Å²) in [6, 6.07) is 17.8. The number of amides is 1. The van der Waals surface area contributed by atoms with Gasteiger partial charge in [0.05, 0.1) is 12.1 Å². The Bertz CT molecular complexity index is 1090. The first-order valence-corrected chi connectivity index (χ1v) is 11.8. The van der Waals surface area contributed by atoms with E-state index in [4.69, 9.17) is 5.73 Å². The Morgan fingerprint density at radius 2 is 1.88 bits per heavy atom. The van der Waals surface area contributed by atoms with Gasteiger partial charge >= 0.3 is 0 Å². The van der Waals surface area contributed by atoms with E-state index in [1.54, 1.807) is 0 Å². The molecule has 3 aromatic rings. The van der Waals surface area contributed by atoms with E-state index in [1.807, 2.05) is 57.2 Å². The van der Waals surface area contributed by atoms with Crippen LogP contribution in [0.15, 0.2) is 54.6 Å². The normalized spacial score (nSPS) is 18.6. The van der Waals surface area contributed by atoms with Crippen LogP contribution in [0.25, 0.3) is 10.9 Å². The number of hydrogen-bond donors (Lipinski definition) is 4. The van der Waals surface area contributed by atoms with E-state index in [0.29, 0.717) is 19.4 Å². The van der Waals surface area contributed by atoms with Gasteiger partial charge < -0.3 is 21.1 Å². The Morgan fingerprint density at radius 1 is 1.18 bits per heavy atom. The second-order valence-corrected chi connectivity index (χ2v) is 10.2. The van der Waals surface area contributed by atoms with Gasteiger partial charge in [-0.2, -0.15) is 0 Å². The van der Waals surface area contributed by atoms with Gasteiger partial charge in [-0.1, -0.05) is 48.5 Å². The van der Waals surface area contributed by atoms with Crippen molar-refractivity contribution in [3.8, 4) is 0 Å². The number of carbonyl (C=O) groups is 1. The van der Waals surface area contributed by atoms with Crippen LogP contribution in [0.4, 0.5) is 0 Å². The number of fused-ring (bicyclic) bond motifs is 3. The van der Waals surface area contributed by atoms with Crippen LogP contribution in [0.2, 0.25) is 0 Å². The molecule has 1 aliphatic heterocycles. The summed E-state index contributed by atoms with van der Waals surface area (Å²) in [6.45, 7) is 7.17. The summed E-state index contributed by atoms with van der Waals surface area (Å²) in [5.41, 5.74) is 10.7. The molecule has 0 saturated carbocycles. The number of aromatic nitrogens is 1. The van der Waals surface area contributed by atoms with E-state index in [0.717, 1.165) is 29.7 Å². The third-order valence-electron chi connectivity index (χ3n) is 6.39. The van der Waals surface area contributed by atoms with Crippen LogP contribution in [0.1, 0.15) is 50.1 Å². The molecule has 2 aromatic carbocycles. The minimum atomic E-state index is -0.690. The van der Waals surface area contributed by atoms with Crippen LogP contribution < -0.4 is 11.1 Å². The highest BCUT2D eigenvalue weighted by molar-refractivity contribution is 5.86. The number of rotatable bonds is 7. The lowest BCUT2D eigenvalue weighted by Crippen LogP contribution is -2.49. The van der Waals surface area contributed by atoms with Crippen molar-refractivity contribution in [3.05, 3.63) is 71.4 Å². The van der Waals surface area contributed by atoms with Crippen molar-refractivity contribution in [2.45, 2.75) is 63.8 Å². The van der Waals surface area contributed by atoms with Gasteiger partial charge in [0.2, 0.25) is 5.91 Å². The molecule has 3 atom stereocenters. The first-order chi connectivity index (χ1) is 15.7. The number of para-hydroxylation sites is 1. The van der Waals surface area contributed by atoms with Gasteiger partial charge in [0, 0.05) is 47.7 Å². The predicted octanol–water partition coefficient (Wildman–Crippen LogP) is 3.30. The highest BCUT2D eigenvalue weighted by Gasteiger charge is 2.34. The second-order valence-electron chi connectivity index (χ2n) is 10.2. The number of benzene rings is 2. The number of H-pyrrole nitrogens is 1. The van der Waals surface area contributed by atoms with Gasteiger partial charge in [0.25, 0.3) is 0 Å². The molecule has 0 bridgehead atoms. The first kappa shape index (κ1) is 23.5. The smallest absolute Gasteiger partial charge is 0.222 e. The summed E-state index contributed by atoms with van der Waals surface area (Å²) < 4.78 is 0. The molecule has 5 N–H and O–H groups in total. The molecule has 33 heavy (non-hydrogen) atoms. The third kappa shape index (κ3) is 5.64. The molecule has 0 spiro atoms. The number of β-amino-alcohol motifs (C(OH)–C–C–N with tert-alkyl or cyclic N) is 1. The van der Waals surface area contributed by atoms with Gasteiger partial charge in [-0.15, -0.1) is 0 Å². The minimum Gasteiger partial charge on any atom is -0.390 e. The SMILES string of the molecule is CC(C)(C)NC(=O)CC1c2[nH]c3ccccc3c2CCN1C[C@@H](O)[C@@H](N)Cc1ccccc1. The standard InChI is InChI=1S/C27H36N4O2/c1-27(2,3)30-25(33)16-23-26-20(19-11-7-8-12-22(19)29-26)13-14-31(23)17-24(32)21(28)15-18-9-5-4-6-10-18/h4-12,21,23-24,29,32H,13-17,28H2,1-3H3,(H,30,33)/t21-,23?,24+/m0/s1. The van der Waals surface area contributed by atoms with E-state index >= 15 is 0 Å². The summed E-state index contributed by atoms with van der Waals surface area (Å²) >= 11 is 0. The van der Waals surface area contributed by atoms with Gasteiger partial charge in [0.1, 0.15) is 0 Å². The molecule has 6 nitrogen and oxygen atoms in total. The van der Waals surface area contributed by atoms with E-state index in [-0.39, 0.29) is 23.5 Å². The lowest BCUT2D eigenvalue weighted by Gasteiger charge is -2.38. The Hall–Kier alpha value is -2.67. The van der Waals surface area contributed by atoms with Crippen LogP contribution in [-0.2, 0) is 17.6 Å². The number of aliphatic hydroxyl groups excluding tert-OH is 1. The van der Waals surface area contributed by atoms with Crippen LogP contribution in [0.5, 0.6) is 0 Å². The average molecular weight is 449 g/mol. The Kier molecular flexibility index (Phi) is 6.88. The number of hydrogen-bond acceptors (Lipinski definition) is 4. The Labute approximate surface area is 196 Å². The summed E-state index contributed by atoms with van der Waals surface area (Å²) in [6.07, 6.45) is 1.13. The molecule has 176 valence electrons. The fourth-order valence-electron chi connectivity index (χ4n) is 4.86. The molecule has 0 aliphatic carbocycles. The van der Waals surface area contributed by atoms with Crippen LogP contribution in [0.3, 0.4) is 0 Å². The molecule has 0 saturated heterocycles. The van der Waals surface area contributed by atoms with E-state index < -0.39 is 6.10 Å². The Balaban J connectivity index is 1.55. The Morgan fingerprint density at radius 3 is 2.61 bits per heavy atom. The van der Waals surface area contributed by atoms with Crippen molar-refractivity contribution in [1.29, 1.82) is 0 Å². The van der Waals surface area contributed by atoms with Gasteiger partial charge in [0.15, 0.2) is 0 Å².